The van der Waals surface area contributed by atoms with Crippen LogP contribution in [0.15, 0.2) is 0 Å². The van der Waals surface area contributed by atoms with Gasteiger partial charge in [-0.2, -0.15) is 17.0 Å². The molecule has 4 rings (SSSR count). The summed E-state index contributed by atoms with van der Waals surface area (Å²) >= 11 is 0. The number of nitrogens with zero attached hydrogens (tertiary/aromatic N) is 3. The summed E-state index contributed by atoms with van der Waals surface area (Å²) in [4.78, 5) is 15.2. The Morgan fingerprint density at radius 2 is 1.50 bits per heavy atom. The van der Waals surface area contributed by atoms with Gasteiger partial charge < -0.3 is 14.8 Å². The molecule has 0 unspecified atom stereocenters. The highest BCUT2D eigenvalue weighted by molar-refractivity contribution is 7.86. The maximum Gasteiger partial charge on any atom is 0.281 e. The number of hydrogen-bond acceptors (Lipinski definition) is 6. The van der Waals surface area contributed by atoms with E-state index in [1.165, 1.54) is 19.3 Å². The minimum atomic E-state index is -3.51. The van der Waals surface area contributed by atoms with Gasteiger partial charge in [0.25, 0.3) is 10.2 Å². The third-order valence-electron chi connectivity index (χ3n) is 7.82. The normalized spacial score (nSPS) is 31.2. The summed E-state index contributed by atoms with van der Waals surface area (Å²) in [5, 5.41) is 3.10. The maximum atomic E-state index is 13.1. The maximum absolute atomic E-state index is 13.1. The predicted molar refractivity (Wildman–Crippen MR) is 121 cm³/mol. The van der Waals surface area contributed by atoms with Crippen molar-refractivity contribution < 1.29 is 22.7 Å². The molecule has 0 aromatic carbocycles. The Kier molecular flexibility index (Phi) is 7.78. The van der Waals surface area contributed by atoms with E-state index in [4.69, 9.17) is 9.47 Å². The van der Waals surface area contributed by atoms with Crippen molar-refractivity contribution in [3.8, 4) is 0 Å². The second-order valence-corrected chi connectivity index (χ2v) is 11.8. The molecule has 32 heavy (non-hydrogen) atoms. The van der Waals surface area contributed by atoms with Gasteiger partial charge in [0.2, 0.25) is 5.91 Å². The van der Waals surface area contributed by atoms with Crippen LogP contribution in [-0.2, 0) is 24.5 Å². The molecule has 9 nitrogen and oxygen atoms in total. The topological polar surface area (TPSA) is 91.4 Å². The molecule has 4 aliphatic rings. The zero-order valence-electron chi connectivity index (χ0n) is 19.6. The number of hydrogen-bond donors (Lipinski definition) is 1. The molecular formula is C22H40N4O5S. The number of rotatable bonds is 6. The Balaban J connectivity index is 1.20. The van der Waals surface area contributed by atoms with Crippen molar-refractivity contribution in [2.45, 2.75) is 76.7 Å². The Morgan fingerprint density at radius 1 is 0.938 bits per heavy atom. The summed E-state index contributed by atoms with van der Waals surface area (Å²) in [5.41, 5.74) is 0. The van der Waals surface area contributed by atoms with Crippen LogP contribution in [0.2, 0.25) is 0 Å². The minimum absolute atomic E-state index is 0.0646. The zero-order valence-corrected chi connectivity index (χ0v) is 20.4. The highest BCUT2D eigenvalue weighted by atomic mass is 32.2. The number of piperidine rings is 3. The lowest BCUT2D eigenvalue weighted by molar-refractivity contribution is -0.179. The molecule has 4 fully saturated rings. The van der Waals surface area contributed by atoms with Crippen LogP contribution in [0.25, 0.3) is 0 Å². The van der Waals surface area contributed by atoms with Gasteiger partial charge in [-0.15, -0.1) is 0 Å². The number of carbonyl (C=O) groups excluding carboxylic acids is 1. The first-order valence-corrected chi connectivity index (χ1v) is 13.8. The SMILES string of the molecule is C[C@H]1CCC[C@H](C)N1CCNC(=O)C1CCN(S(=O)(=O)N2CCC3(CC2)OCCO3)CC1. The van der Waals surface area contributed by atoms with Crippen molar-refractivity contribution in [3.05, 3.63) is 0 Å². The summed E-state index contributed by atoms with van der Waals surface area (Å²) in [5.74, 6) is -0.627. The quantitative estimate of drug-likeness (QED) is 0.624. The predicted octanol–water partition coefficient (Wildman–Crippen LogP) is 1.16. The molecule has 10 heteroatoms. The van der Waals surface area contributed by atoms with Crippen molar-refractivity contribution in [3.63, 3.8) is 0 Å². The number of ether oxygens (including phenoxy) is 2. The van der Waals surface area contributed by atoms with Crippen LogP contribution in [0, 0.1) is 5.92 Å². The number of amides is 1. The molecular weight excluding hydrogens is 432 g/mol. The molecule has 0 saturated carbocycles. The summed E-state index contributed by atoms with van der Waals surface area (Å²) in [7, 11) is -3.51. The molecule has 0 radical (unpaired) electrons. The van der Waals surface area contributed by atoms with E-state index in [-0.39, 0.29) is 11.8 Å². The average Bonchev–Trinajstić information content (AvgIpc) is 3.24. The molecule has 1 spiro atoms. The molecule has 1 N–H and O–H groups in total. The van der Waals surface area contributed by atoms with Crippen LogP contribution in [0.5, 0.6) is 0 Å². The lowest BCUT2D eigenvalue weighted by Crippen LogP contribution is -2.53. The van der Waals surface area contributed by atoms with Gasteiger partial charge in [-0.3, -0.25) is 9.69 Å². The van der Waals surface area contributed by atoms with Crippen LogP contribution in [0.4, 0.5) is 0 Å². The van der Waals surface area contributed by atoms with Gasteiger partial charge in [-0.05, 0) is 39.5 Å². The fraction of sp³-hybridized carbons (Fsp3) is 0.955. The number of likely N-dealkylation sites (tertiary alicyclic amines) is 1. The van der Waals surface area contributed by atoms with Gasteiger partial charge in [0.15, 0.2) is 5.79 Å². The van der Waals surface area contributed by atoms with Gasteiger partial charge in [0, 0.05) is 70.1 Å². The first kappa shape index (κ1) is 24.3. The van der Waals surface area contributed by atoms with Gasteiger partial charge >= 0.3 is 0 Å². The molecule has 1 amide bonds. The van der Waals surface area contributed by atoms with Crippen molar-refractivity contribution in [1.82, 2.24) is 18.8 Å². The lowest BCUT2D eigenvalue weighted by Gasteiger charge is -2.40. The first-order chi connectivity index (χ1) is 15.3. The Labute approximate surface area is 192 Å². The number of carbonyl (C=O) groups is 1. The fourth-order valence-corrected chi connectivity index (χ4v) is 7.37. The molecule has 4 saturated heterocycles. The second-order valence-electron chi connectivity index (χ2n) is 9.85. The van der Waals surface area contributed by atoms with Crippen LogP contribution in [0.3, 0.4) is 0 Å². The van der Waals surface area contributed by atoms with Crippen LogP contribution >= 0.6 is 0 Å². The molecule has 2 atom stereocenters. The zero-order chi connectivity index (χ0) is 22.8. The summed E-state index contributed by atoms with van der Waals surface area (Å²) in [6, 6.07) is 1.14. The van der Waals surface area contributed by atoms with Crippen LogP contribution in [0.1, 0.15) is 58.8 Å². The van der Waals surface area contributed by atoms with Crippen molar-refractivity contribution in [1.29, 1.82) is 0 Å². The molecule has 0 aromatic rings. The van der Waals surface area contributed by atoms with Gasteiger partial charge in [0.1, 0.15) is 0 Å². The van der Waals surface area contributed by atoms with Crippen LogP contribution < -0.4 is 5.32 Å². The van der Waals surface area contributed by atoms with E-state index in [1.54, 1.807) is 8.61 Å². The Morgan fingerprint density at radius 3 is 2.09 bits per heavy atom. The fourth-order valence-electron chi connectivity index (χ4n) is 5.72. The molecule has 184 valence electrons. The van der Waals surface area contributed by atoms with E-state index >= 15 is 0 Å². The van der Waals surface area contributed by atoms with Crippen molar-refractivity contribution in [2.24, 2.45) is 5.92 Å². The highest BCUT2D eigenvalue weighted by Gasteiger charge is 2.44. The third kappa shape index (κ3) is 5.31. The van der Waals surface area contributed by atoms with E-state index in [0.29, 0.717) is 83.7 Å². The van der Waals surface area contributed by atoms with Gasteiger partial charge in [-0.25, -0.2) is 0 Å². The largest absolute Gasteiger partial charge is 0.355 e. The molecule has 4 aliphatic heterocycles. The standard InChI is InChI=1S/C22H40N4O5S/c1-18-4-3-5-19(2)26(18)15-10-23-21(27)20-6-11-24(12-7-20)32(28,29)25-13-8-22(9-14-25)30-16-17-31-22/h18-20H,3-17H2,1-2H3,(H,23,27)/t18-,19-/m0/s1. The molecule has 0 aliphatic carbocycles. The van der Waals surface area contributed by atoms with Crippen molar-refractivity contribution >= 4 is 16.1 Å². The minimum Gasteiger partial charge on any atom is -0.355 e. The monoisotopic (exact) mass is 472 g/mol. The van der Waals surface area contributed by atoms with E-state index in [0.717, 1.165) is 6.54 Å². The van der Waals surface area contributed by atoms with E-state index in [2.05, 4.69) is 24.1 Å². The number of nitrogens with one attached hydrogen (secondary N) is 1. The smallest absolute Gasteiger partial charge is 0.281 e. The average molecular weight is 473 g/mol. The van der Waals surface area contributed by atoms with Gasteiger partial charge in [-0.1, -0.05) is 6.42 Å². The highest BCUT2D eigenvalue weighted by Crippen LogP contribution is 2.33. The molecule has 0 aromatic heterocycles. The summed E-state index contributed by atoms with van der Waals surface area (Å²) in [6.07, 6.45) is 6.02. The van der Waals surface area contributed by atoms with E-state index in [1.807, 2.05) is 0 Å². The molecule has 4 heterocycles. The van der Waals surface area contributed by atoms with E-state index in [9.17, 15) is 13.2 Å². The summed E-state index contributed by atoms with van der Waals surface area (Å²) in [6.45, 7) is 8.86. The Bertz CT molecular complexity index is 729. The second kappa shape index (κ2) is 10.2. The third-order valence-corrected chi connectivity index (χ3v) is 9.86. The van der Waals surface area contributed by atoms with E-state index < -0.39 is 16.0 Å². The Hall–Kier alpha value is -0.780. The molecule has 0 bridgehead atoms. The lowest BCUT2D eigenvalue weighted by atomic mass is 9.97. The summed E-state index contributed by atoms with van der Waals surface area (Å²) < 4.78 is 40.7. The van der Waals surface area contributed by atoms with Crippen LogP contribution in [-0.4, -0.2) is 98.2 Å². The van der Waals surface area contributed by atoms with Gasteiger partial charge in [0.05, 0.1) is 13.2 Å². The van der Waals surface area contributed by atoms with Crippen molar-refractivity contribution in [2.75, 3.05) is 52.5 Å². The first-order valence-electron chi connectivity index (χ1n) is 12.4.